The molecule has 2 aromatic rings. The molecule has 1 unspecified atom stereocenters. The summed E-state index contributed by atoms with van der Waals surface area (Å²) in [5.74, 6) is -0.242. The molecule has 0 saturated carbocycles. The van der Waals surface area contributed by atoms with Crippen LogP contribution in [0.2, 0.25) is 0 Å². The maximum absolute atomic E-state index is 13.0. The largest absolute Gasteiger partial charge is 0.392 e. The first kappa shape index (κ1) is 15.7. The van der Waals surface area contributed by atoms with E-state index in [1.807, 2.05) is 32.0 Å². The van der Waals surface area contributed by atoms with E-state index in [0.717, 1.165) is 24.8 Å². The molecule has 0 radical (unpaired) electrons. The van der Waals surface area contributed by atoms with Crippen molar-refractivity contribution in [1.82, 2.24) is 0 Å². The quantitative estimate of drug-likeness (QED) is 0.829. The van der Waals surface area contributed by atoms with Crippen molar-refractivity contribution in [2.24, 2.45) is 0 Å². The number of hydrogen-bond donors (Lipinski definition) is 1. The lowest BCUT2D eigenvalue weighted by atomic mass is 9.77. The molecule has 0 heterocycles. The maximum atomic E-state index is 13.0. The van der Waals surface area contributed by atoms with Crippen molar-refractivity contribution in [2.75, 3.05) is 0 Å². The number of aliphatic hydroxyl groups is 1. The highest BCUT2D eigenvalue weighted by molar-refractivity contribution is 5.25. The first-order chi connectivity index (χ1) is 10.00. The normalized spacial score (nSPS) is 13.1. The molecule has 2 rings (SSSR count). The van der Waals surface area contributed by atoms with E-state index in [4.69, 9.17) is 0 Å². The van der Waals surface area contributed by atoms with Gasteiger partial charge in [-0.2, -0.15) is 0 Å². The molecule has 0 saturated heterocycles. The number of rotatable bonds is 6. The van der Waals surface area contributed by atoms with Crippen LogP contribution in [0.4, 0.5) is 4.39 Å². The zero-order valence-corrected chi connectivity index (χ0v) is 12.7. The molecular formula is C19H23FO. The van der Waals surface area contributed by atoms with Gasteiger partial charge in [0.2, 0.25) is 0 Å². The summed E-state index contributed by atoms with van der Waals surface area (Å²) in [6.07, 6.45) is 2.21. The third-order valence-electron chi connectivity index (χ3n) is 4.21. The van der Waals surface area contributed by atoms with Gasteiger partial charge in [-0.25, -0.2) is 4.39 Å². The first-order valence-electron chi connectivity index (χ1n) is 7.48. The van der Waals surface area contributed by atoms with Crippen molar-refractivity contribution in [1.29, 1.82) is 0 Å². The van der Waals surface area contributed by atoms with Gasteiger partial charge in [0.1, 0.15) is 5.82 Å². The summed E-state index contributed by atoms with van der Waals surface area (Å²) in [5, 5.41) is 10.5. The summed E-state index contributed by atoms with van der Waals surface area (Å²) in [6.45, 7) is 4.01. The van der Waals surface area contributed by atoms with Gasteiger partial charge in [-0.3, -0.25) is 0 Å². The minimum absolute atomic E-state index is 0.242. The fourth-order valence-corrected chi connectivity index (χ4v) is 2.58. The van der Waals surface area contributed by atoms with Crippen molar-refractivity contribution in [3.63, 3.8) is 0 Å². The van der Waals surface area contributed by atoms with Crippen LogP contribution in [-0.2, 0) is 11.8 Å². The van der Waals surface area contributed by atoms with Gasteiger partial charge in [-0.05, 0) is 42.5 Å². The van der Waals surface area contributed by atoms with Crippen molar-refractivity contribution >= 4 is 0 Å². The number of hydrogen-bond acceptors (Lipinski definition) is 1. The average molecular weight is 286 g/mol. The molecule has 1 nitrogen and oxygen atoms in total. The molecule has 1 atom stereocenters. The average Bonchev–Trinajstić information content (AvgIpc) is 2.48. The number of halogens is 1. The lowest BCUT2D eigenvalue weighted by Gasteiger charge is -2.31. The lowest BCUT2D eigenvalue weighted by molar-refractivity contribution is 0.0892. The number of benzene rings is 2. The summed E-state index contributed by atoms with van der Waals surface area (Å²) in [7, 11) is 0. The van der Waals surface area contributed by atoms with E-state index in [1.165, 1.54) is 17.7 Å². The van der Waals surface area contributed by atoms with Gasteiger partial charge in [-0.15, -0.1) is 0 Å². The van der Waals surface area contributed by atoms with Gasteiger partial charge in [0.05, 0.1) is 6.10 Å². The van der Waals surface area contributed by atoms with Crippen LogP contribution < -0.4 is 0 Å². The summed E-state index contributed by atoms with van der Waals surface area (Å²) in [5.41, 5.74) is 1.89. The van der Waals surface area contributed by atoms with Crippen LogP contribution in [0.1, 0.15) is 37.8 Å². The molecular weight excluding hydrogens is 263 g/mol. The second kappa shape index (κ2) is 6.86. The van der Waals surface area contributed by atoms with Crippen LogP contribution >= 0.6 is 0 Å². The Bertz CT molecular complexity index is 546. The van der Waals surface area contributed by atoms with E-state index in [1.54, 1.807) is 12.1 Å². The molecule has 0 fully saturated rings. The van der Waals surface area contributed by atoms with Gasteiger partial charge in [0.25, 0.3) is 0 Å². The highest BCUT2D eigenvalue weighted by Gasteiger charge is 2.29. The van der Waals surface area contributed by atoms with E-state index < -0.39 is 6.10 Å². The fraction of sp³-hybridized carbons (Fsp3) is 0.368. The van der Waals surface area contributed by atoms with Crippen LogP contribution in [0.3, 0.4) is 0 Å². The highest BCUT2D eigenvalue weighted by atomic mass is 19.1. The van der Waals surface area contributed by atoms with Crippen LogP contribution in [0.15, 0.2) is 54.6 Å². The third-order valence-corrected chi connectivity index (χ3v) is 4.21. The summed E-state index contributed by atoms with van der Waals surface area (Å²) in [4.78, 5) is 0. The Morgan fingerprint density at radius 2 is 1.62 bits per heavy atom. The second-order valence-corrected chi connectivity index (χ2v) is 6.12. The van der Waals surface area contributed by atoms with Gasteiger partial charge in [-0.1, -0.05) is 56.3 Å². The van der Waals surface area contributed by atoms with E-state index in [2.05, 4.69) is 12.1 Å². The monoisotopic (exact) mass is 286 g/mol. The Hall–Kier alpha value is -1.67. The molecule has 2 heteroatoms. The first-order valence-corrected chi connectivity index (χ1v) is 7.48. The second-order valence-electron chi connectivity index (χ2n) is 6.12. The molecule has 21 heavy (non-hydrogen) atoms. The van der Waals surface area contributed by atoms with Gasteiger partial charge >= 0.3 is 0 Å². The van der Waals surface area contributed by atoms with Crippen molar-refractivity contribution in [3.05, 3.63) is 71.5 Å². The molecule has 112 valence electrons. The molecule has 0 bridgehead atoms. The Labute approximate surface area is 126 Å². The SMILES string of the molecule is CC(C)(c1ccc(F)cc1)C(O)CCCc1ccccc1. The van der Waals surface area contributed by atoms with Gasteiger partial charge in [0, 0.05) is 5.41 Å². The van der Waals surface area contributed by atoms with E-state index in [-0.39, 0.29) is 11.2 Å². The van der Waals surface area contributed by atoms with Crippen molar-refractivity contribution in [3.8, 4) is 0 Å². The Balaban J connectivity index is 1.92. The lowest BCUT2D eigenvalue weighted by Crippen LogP contribution is -2.33. The van der Waals surface area contributed by atoms with Crippen LogP contribution in [0.5, 0.6) is 0 Å². The Morgan fingerprint density at radius 3 is 2.24 bits per heavy atom. The molecule has 2 aromatic carbocycles. The zero-order valence-electron chi connectivity index (χ0n) is 12.7. The molecule has 0 aliphatic rings. The standard InChI is InChI=1S/C19H23FO/c1-19(2,16-11-13-17(20)14-12-16)18(21)10-6-9-15-7-4-3-5-8-15/h3-5,7-8,11-14,18,21H,6,9-10H2,1-2H3. The van der Waals surface area contributed by atoms with Crippen molar-refractivity contribution < 1.29 is 9.50 Å². The summed E-state index contributed by atoms with van der Waals surface area (Å²) >= 11 is 0. The summed E-state index contributed by atoms with van der Waals surface area (Å²) < 4.78 is 13.0. The maximum Gasteiger partial charge on any atom is 0.123 e. The molecule has 1 N–H and O–H groups in total. The molecule has 0 amide bonds. The van der Waals surface area contributed by atoms with Crippen molar-refractivity contribution in [2.45, 2.75) is 44.6 Å². The van der Waals surface area contributed by atoms with Crippen LogP contribution in [-0.4, -0.2) is 11.2 Å². The smallest absolute Gasteiger partial charge is 0.123 e. The molecule has 0 spiro atoms. The van der Waals surface area contributed by atoms with Crippen LogP contribution in [0.25, 0.3) is 0 Å². The molecule has 0 aliphatic carbocycles. The third kappa shape index (κ3) is 4.15. The molecule has 0 aromatic heterocycles. The minimum Gasteiger partial charge on any atom is -0.392 e. The van der Waals surface area contributed by atoms with E-state index in [0.29, 0.717) is 0 Å². The zero-order chi connectivity index (χ0) is 15.3. The van der Waals surface area contributed by atoms with E-state index in [9.17, 15) is 9.50 Å². The predicted octanol–water partition coefficient (Wildman–Crippen LogP) is 4.49. The number of aliphatic hydroxyl groups excluding tert-OH is 1. The van der Waals surface area contributed by atoms with Crippen LogP contribution in [0, 0.1) is 5.82 Å². The minimum atomic E-state index is -0.438. The van der Waals surface area contributed by atoms with E-state index >= 15 is 0 Å². The topological polar surface area (TPSA) is 20.2 Å². The molecule has 0 aliphatic heterocycles. The Kier molecular flexibility index (Phi) is 5.13. The number of aryl methyl sites for hydroxylation is 1. The highest BCUT2D eigenvalue weighted by Crippen LogP contribution is 2.30. The predicted molar refractivity (Wildman–Crippen MR) is 84.8 cm³/mol. The van der Waals surface area contributed by atoms with Gasteiger partial charge in [0.15, 0.2) is 0 Å². The van der Waals surface area contributed by atoms with Gasteiger partial charge < -0.3 is 5.11 Å². The summed E-state index contributed by atoms with van der Waals surface area (Å²) in [6, 6.07) is 16.7. The fourth-order valence-electron chi connectivity index (χ4n) is 2.58. The Morgan fingerprint density at radius 1 is 1.00 bits per heavy atom.